The smallest absolute Gasteiger partial charge is 0.159 e. The van der Waals surface area contributed by atoms with Gasteiger partial charge in [-0.1, -0.05) is 36.8 Å². The van der Waals surface area contributed by atoms with Gasteiger partial charge in [-0.05, 0) is 64.9 Å². The van der Waals surface area contributed by atoms with Crippen molar-refractivity contribution in [3.63, 3.8) is 0 Å². The first-order chi connectivity index (χ1) is 10.1. The SMILES string of the molecule is C.CC#CCC/C=C(\C)CC/C=C/CCC1=C(C)CCC1=O. The molecule has 1 heteroatoms. The summed E-state index contributed by atoms with van der Waals surface area (Å²) in [5, 5.41) is 0. The summed E-state index contributed by atoms with van der Waals surface area (Å²) in [6.45, 7) is 6.18. The van der Waals surface area contributed by atoms with Crippen molar-refractivity contribution in [1.29, 1.82) is 0 Å². The predicted octanol–water partition coefficient (Wildman–Crippen LogP) is 6.17. The second kappa shape index (κ2) is 12.0. The minimum Gasteiger partial charge on any atom is -0.295 e. The Morgan fingerprint density at radius 2 is 1.91 bits per heavy atom. The van der Waals surface area contributed by atoms with Gasteiger partial charge in [0.1, 0.15) is 0 Å². The van der Waals surface area contributed by atoms with Crippen molar-refractivity contribution in [2.24, 2.45) is 0 Å². The first-order valence-electron chi connectivity index (χ1n) is 8.07. The first-order valence-corrected chi connectivity index (χ1v) is 8.07. The second-order valence-electron chi connectivity index (χ2n) is 5.75. The molecule has 0 aromatic carbocycles. The summed E-state index contributed by atoms with van der Waals surface area (Å²) in [5.41, 5.74) is 3.84. The zero-order chi connectivity index (χ0) is 15.5. The number of rotatable bonds is 8. The van der Waals surface area contributed by atoms with Crippen LogP contribution in [0.5, 0.6) is 0 Å². The molecule has 0 heterocycles. The Morgan fingerprint density at radius 3 is 2.55 bits per heavy atom. The van der Waals surface area contributed by atoms with Crippen molar-refractivity contribution in [2.45, 2.75) is 79.6 Å². The summed E-state index contributed by atoms with van der Waals surface area (Å²) in [6.07, 6.45) is 14.6. The Balaban J connectivity index is 0.00000441. The number of ketones is 1. The molecule has 0 saturated heterocycles. The van der Waals surface area contributed by atoms with Crippen molar-refractivity contribution in [2.75, 3.05) is 0 Å². The zero-order valence-corrected chi connectivity index (χ0v) is 13.8. The van der Waals surface area contributed by atoms with Gasteiger partial charge >= 0.3 is 0 Å². The van der Waals surface area contributed by atoms with E-state index in [4.69, 9.17) is 0 Å². The van der Waals surface area contributed by atoms with Crippen LogP contribution in [0, 0.1) is 11.8 Å². The van der Waals surface area contributed by atoms with Crippen LogP contribution in [0.3, 0.4) is 0 Å². The fourth-order valence-corrected chi connectivity index (χ4v) is 2.59. The quantitative estimate of drug-likeness (QED) is 0.298. The van der Waals surface area contributed by atoms with Gasteiger partial charge in [-0.15, -0.1) is 11.8 Å². The van der Waals surface area contributed by atoms with Gasteiger partial charge in [0.15, 0.2) is 5.78 Å². The third kappa shape index (κ3) is 8.03. The second-order valence-corrected chi connectivity index (χ2v) is 5.75. The van der Waals surface area contributed by atoms with Gasteiger partial charge in [-0.3, -0.25) is 4.79 Å². The van der Waals surface area contributed by atoms with Crippen LogP contribution in [-0.2, 0) is 4.79 Å². The number of hydrogen-bond acceptors (Lipinski definition) is 1. The number of carbonyl (C=O) groups is 1. The molecule has 0 saturated carbocycles. The Bertz CT molecular complexity index is 492. The summed E-state index contributed by atoms with van der Waals surface area (Å²) in [5.74, 6) is 6.37. The third-order valence-electron chi connectivity index (χ3n) is 3.95. The molecule has 0 bridgehead atoms. The standard InChI is InChI=1S/C20H28O.CH4/c1-4-5-6-9-12-17(2)13-10-7-8-11-14-19-18(3)15-16-20(19)21;/h7-8,12H,6,9-11,13-16H2,1-3H3;1H4/b8-7+,17-12+;. The molecule has 1 aliphatic rings. The lowest BCUT2D eigenvalue weighted by Crippen LogP contribution is -1.95. The van der Waals surface area contributed by atoms with Crippen LogP contribution in [0.4, 0.5) is 0 Å². The lowest BCUT2D eigenvalue weighted by Gasteiger charge is -2.00. The van der Waals surface area contributed by atoms with Gasteiger partial charge in [-0.2, -0.15) is 0 Å². The van der Waals surface area contributed by atoms with E-state index in [-0.39, 0.29) is 7.43 Å². The number of carbonyl (C=O) groups excluding carboxylic acids is 1. The maximum absolute atomic E-state index is 11.6. The Hall–Kier alpha value is -1.55. The van der Waals surface area contributed by atoms with Gasteiger partial charge in [0.25, 0.3) is 0 Å². The van der Waals surface area contributed by atoms with E-state index in [0.717, 1.165) is 56.9 Å². The minimum absolute atomic E-state index is 0. The number of unbranched alkanes of at least 4 members (excludes halogenated alkanes) is 1. The highest BCUT2D eigenvalue weighted by molar-refractivity contribution is 5.98. The molecule has 0 fully saturated rings. The highest BCUT2D eigenvalue weighted by Crippen LogP contribution is 2.25. The molecule has 1 rings (SSSR count). The van der Waals surface area contributed by atoms with E-state index in [1.54, 1.807) is 0 Å². The average molecular weight is 300 g/mol. The van der Waals surface area contributed by atoms with Crippen LogP contribution in [0.15, 0.2) is 34.9 Å². The topological polar surface area (TPSA) is 17.1 Å². The minimum atomic E-state index is 0. The van der Waals surface area contributed by atoms with E-state index < -0.39 is 0 Å². The number of allylic oxidation sites excluding steroid dienone is 6. The van der Waals surface area contributed by atoms with Crippen LogP contribution < -0.4 is 0 Å². The van der Waals surface area contributed by atoms with Crippen LogP contribution in [0.1, 0.15) is 79.6 Å². The summed E-state index contributed by atoms with van der Waals surface area (Å²) in [6, 6.07) is 0. The predicted molar refractivity (Wildman–Crippen MR) is 97.7 cm³/mol. The molecular formula is C21H32O. The van der Waals surface area contributed by atoms with Gasteiger partial charge in [-0.25, -0.2) is 0 Å². The fourth-order valence-electron chi connectivity index (χ4n) is 2.59. The molecule has 0 aromatic rings. The molecule has 0 spiro atoms. The molecule has 0 aliphatic heterocycles. The molecule has 0 N–H and O–H groups in total. The van der Waals surface area contributed by atoms with Crippen molar-refractivity contribution in [3.05, 3.63) is 34.9 Å². The van der Waals surface area contributed by atoms with Crippen LogP contribution >= 0.6 is 0 Å². The maximum atomic E-state index is 11.6. The van der Waals surface area contributed by atoms with Crippen LogP contribution in [0.25, 0.3) is 0 Å². The number of Topliss-reactive ketones (excluding diaryl/α,β-unsaturated/α-hetero) is 1. The fraction of sp³-hybridized carbons (Fsp3) is 0.571. The molecule has 1 nitrogen and oxygen atoms in total. The first kappa shape index (κ1) is 20.5. The van der Waals surface area contributed by atoms with Crippen molar-refractivity contribution >= 4 is 5.78 Å². The van der Waals surface area contributed by atoms with Gasteiger partial charge in [0.05, 0.1) is 0 Å². The highest BCUT2D eigenvalue weighted by Gasteiger charge is 2.18. The van der Waals surface area contributed by atoms with Crippen LogP contribution in [0.2, 0.25) is 0 Å². The largest absolute Gasteiger partial charge is 0.295 e. The van der Waals surface area contributed by atoms with Gasteiger partial charge in [0.2, 0.25) is 0 Å². The molecular weight excluding hydrogens is 268 g/mol. The molecule has 0 aromatic heterocycles. The highest BCUT2D eigenvalue weighted by atomic mass is 16.1. The lowest BCUT2D eigenvalue weighted by molar-refractivity contribution is -0.115. The van der Waals surface area contributed by atoms with E-state index in [1.165, 1.54) is 11.1 Å². The molecule has 0 amide bonds. The van der Waals surface area contributed by atoms with Gasteiger partial charge in [0, 0.05) is 12.8 Å². The molecule has 0 radical (unpaired) electrons. The molecule has 22 heavy (non-hydrogen) atoms. The third-order valence-corrected chi connectivity index (χ3v) is 3.95. The van der Waals surface area contributed by atoms with Crippen molar-refractivity contribution < 1.29 is 4.79 Å². The van der Waals surface area contributed by atoms with E-state index in [2.05, 4.69) is 43.9 Å². The lowest BCUT2D eigenvalue weighted by atomic mass is 10.1. The van der Waals surface area contributed by atoms with Gasteiger partial charge < -0.3 is 0 Å². The zero-order valence-electron chi connectivity index (χ0n) is 13.8. The Kier molecular flexibility index (Phi) is 11.2. The summed E-state index contributed by atoms with van der Waals surface area (Å²) >= 11 is 0. The summed E-state index contributed by atoms with van der Waals surface area (Å²) in [4.78, 5) is 11.6. The summed E-state index contributed by atoms with van der Waals surface area (Å²) < 4.78 is 0. The maximum Gasteiger partial charge on any atom is 0.159 e. The molecule has 122 valence electrons. The number of hydrogen-bond donors (Lipinski definition) is 0. The monoisotopic (exact) mass is 300 g/mol. The van der Waals surface area contributed by atoms with E-state index in [9.17, 15) is 4.79 Å². The Morgan fingerprint density at radius 1 is 1.18 bits per heavy atom. The van der Waals surface area contributed by atoms with Crippen molar-refractivity contribution in [1.82, 2.24) is 0 Å². The van der Waals surface area contributed by atoms with E-state index in [1.807, 2.05) is 6.92 Å². The van der Waals surface area contributed by atoms with Crippen molar-refractivity contribution in [3.8, 4) is 11.8 Å². The Labute approximate surface area is 137 Å². The van der Waals surface area contributed by atoms with E-state index >= 15 is 0 Å². The molecule has 1 aliphatic carbocycles. The van der Waals surface area contributed by atoms with E-state index in [0.29, 0.717) is 5.78 Å². The molecule has 0 unspecified atom stereocenters. The normalized spacial score (nSPS) is 15.0. The van der Waals surface area contributed by atoms with Crippen LogP contribution in [-0.4, -0.2) is 5.78 Å². The summed E-state index contributed by atoms with van der Waals surface area (Å²) in [7, 11) is 0. The average Bonchev–Trinajstić information content (AvgIpc) is 2.78. The molecule has 0 atom stereocenters.